The van der Waals surface area contributed by atoms with Crippen molar-refractivity contribution < 1.29 is 19.2 Å². The summed E-state index contributed by atoms with van der Waals surface area (Å²) < 4.78 is 6.83. The van der Waals surface area contributed by atoms with Crippen molar-refractivity contribution in [1.82, 2.24) is 9.78 Å². The molecule has 2 amide bonds. The second kappa shape index (κ2) is 8.83. The van der Waals surface area contributed by atoms with E-state index in [0.717, 1.165) is 16.7 Å². The molecule has 4 rings (SSSR count). The molecule has 1 atom stereocenters. The predicted octanol–water partition coefficient (Wildman–Crippen LogP) is 3.74. The lowest BCUT2D eigenvalue weighted by Crippen LogP contribution is -2.24. The topological polar surface area (TPSA) is 128 Å². The third-order valence-corrected chi connectivity index (χ3v) is 5.52. The number of non-ortho nitro benzene ring substituents is 1. The van der Waals surface area contributed by atoms with E-state index in [1.54, 1.807) is 14.0 Å². The molecular weight excluding hydrogens is 426 g/mol. The van der Waals surface area contributed by atoms with Crippen LogP contribution in [-0.2, 0) is 20.9 Å². The molecule has 0 radical (unpaired) electrons. The van der Waals surface area contributed by atoms with E-state index in [2.05, 4.69) is 15.7 Å². The zero-order valence-electron chi connectivity index (χ0n) is 18.4. The van der Waals surface area contributed by atoms with Crippen molar-refractivity contribution in [3.8, 4) is 11.1 Å². The Kier molecular flexibility index (Phi) is 5.93. The van der Waals surface area contributed by atoms with Gasteiger partial charge in [-0.2, -0.15) is 5.10 Å². The fourth-order valence-electron chi connectivity index (χ4n) is 3.86. The third kappa shape index (κ3) is 4.33. The number of fused-ring (bicyclic) bond motifs is 1. The van der Waals surface area contributed by atoms with Gasteiger partial charge in [0.15, 0.2) is 0 Å². The quantitative estimate of drug-likeness (QED) is 0.418. The van der Waals surface area contributed by atoms with Crippen molar-refractivity contribution in [3.05, 3.63) is 69.4 Å². The summed E-state index contributed by atoms with van der Waals surface area (Å²) >= 11 is 0. The van der Waals surface area contributed by atoms with E-state index in [-0.39, 0.29) is 24.6 Å². The number of benzene rings is 2. The molecule has 10 heteroatoms. The number of aryl methyl sites for hydroxylation is 2. The summed E-state index contributed by atoms with van der Waals surface area (Å²) in [5, 5.41) is 21.1. The van der Waals surface area contributed by atoms with E-state index in [0.29, 0.717) is 22.8 Å². The van der Waals surface area contributed by atoms with E-state index >= 15 is 0 Å². The van der Waals surface area contributed by atoms with Gasteiger partial charge in [-0.25, -0.2) is 4.68 Å². The number of amides is 2. The van der Waals surface area contributed by atoms with E-state index in [4.69, 9.17) is 4.74 Å². The molecular formula is C23H23N5O5. The van der Waals surface area contributed by atoms with Crippen LogP contribution in [0.4, 0.5) is 17.2 Å². The third-order valence-electron chi connectivity index (χ3n) is 5.52. The lowest BCUT2D eigenvalue weighted by Gasteiger charge is -2.11. The average molecular weight is 449 g/mol. The molecule has 10 nitrogen and oxygen atoms in total. The molecule has 0 aliphatic carbocycles. The molecule has 1 aliphatic heterocycles. The minimum atomic E-state index is -0.826. The summed E-state index contributed by atoms with van der Waals surface area (Å²) in [7, 11) is 1.57. The first-order chi connectivity index (χ1) is 15.8. The van der Waals surface area contributed by atoms with E-state index < -0.39 is 16.9 Å². The number of nitro benzene ring substituents is 1. The highest BCUT2D eigenvalue weighted by Gasteiger charge is 2.37. The van der Waals surface area contributed by atoms with Gasteiger partial charge >= 0.3 is 0 Å². The Morgan fingerprint density at radius 3 is 2.61 bits per heavy atom. The molecule has 170 valence electrons. The predicted molar refractivity (Wildman–Crippen MR) is 122 cm³/mol. The first-order valence-electron chi connectivity index (χ1n) is 10.3. The van der Waals surface area contributed by atoms with Crippen LogP contribution in [0.25, 0.3) is 11.1 Å². The van der Waals surface area contributed by atoms with E-state index in [9.17, 15) is 19.7 Å². The highest BCUT2D eigenvalue weighted by Crippen LogP contribution is 2.39. The monoisotopic (exact) mass is 449 g/mol. The van der Waals surface area contributed by atoms with Crippen LogP contribution in [0.15, 0.2) is 42.5 Å². The van der Waals surface area contributed by atoms with Crippen LogP contribution in [0.3, 0.4) is 0 Å². The van der Waals surface area contributed by atoms with Crippen LogP contribution in [0.1, 0.15) is 29.3 Å². The number of nitrogens with one attached hydrogen (secondary N) is 2. The minimum Gasteiger partial charge on any atom is -0.378 e. The first-order valence-corrected chi connectivity index (χ1v) is 10.3. The molecule has 1 unspecified atom stereocenters. The number of aromatic nitrogens is 2. The number of ether oxygens (including phenoxy) is 1. The van der Waals surface area contributed by atoms with Gasteiger partial charge in [0.2, 0.25) is 5.91 Å². The summed E-state index contributed by atoms with van der Waals surface area (Å²) in [5.74, 6) is -0.203. The molecule has 3 aromatic rings. The highest BCUT2D eigenvalue weighted by atomic mass is 16.6. The lowest BCUT2D eigenvalue weighted by atomic mass is 10.0. The van der Waals surface area contributed by atoms with Crippen LogP contribution >= 0.6 is 0 Å². The molecule has 2 aromatic carbocycles. The van der Waals surface area contributed by atoms with Crippen molar-refractivity contribution in [2.24, 2.45) is 0 Å². The van der Waals surface area contributed by atoms with Crippen molar-refractivity contribution in [2.45, 2.75) is 32.9 Å². The molecule has 1 aromatic heterocycles. The molecule has 1 aliphatic rings. The minimum absolute atomic E-state index is 0.0591. The van der Waals surface area contributed by atoms with Crippen LogP contribution in [0.2, 0.25) is 0 Å². The highest BCUT2D eigenvalue weighted by molar-refractivity contribution is 6.04. The summed E-state index contributed by atoms with van der Waals surface area (Å²) in [6.45, 7) is 3.91. The van der Waals surface area contributed by atoms with Gasteiger partial charge in [0.1, 0.15) is 11.9 Å². The molecule has 0 bridgehead atoms. The van der Waals surface area contributed by atoms with Crippen LogP contribution in [0.5, 0.6) is 0 Å². The maximum atomic E-state index is 12.7. The lowest BCUT2D eigenvalue weighted by molar-refractivity contribution is -0.384. The molecule has 33 heavy (non-hydrogen) atoms. The summed E-state index contributed by atoms with van der Waals surface area (Å²) in [5.41, 5.74) is 4.36. The number of hydrogen-bond donors (Lipinski definition) is 2. The Hall–Kier alpha value is -4.05. The number of carbonyl (C=O) groups excluding carboxylic acids is 2. The zero-order valence-corrected chi connectivity index (χ0v) is 18.4. The summed E-state index contributed by atoms with van der Waals surface area (Å²) in [4.78, 5) is 35.9. The fourth-order valence-corrected chi connectivity index (χ4v) is 3.86. The molecule has 0 spiro atoms. The van der Waals surface area contributed by atoms with Crippen LogP contribution < -0.4 is 10.6 Å². The normalized spacial score (nSPS) is 14.6. The summed E-state index contributed by atoms with van der Waals surface area (Å²) in [6.07, 6.45) is -0.142. The van der Waals surface area contributed by atoms with Crippen LogP contribution in [-0.4, -0.2) is 33.6 Å². The number of rotatable bonds is 7. The van der Waals surface area contributed by atoms with Gasteiger partial charge in [-0.15, -0.1) is 0 Å². The second-order valence-electron chi connectivity index (χ2n) is 7.93. The molecule has 2 N–H and O–H groups in total. The standard InChI is InChI=1S/C23H23N5O5/c1-13-4-6-15(7-5-13)21-18(12-33-3)26-27-19(23(30)25-22(21)27)11-20(29)24-17-9-8-16(28(31)32)10-14(17)2/h4-10,19H,11-12H2,1-3H3,(H,24,29)(H,25,30). The summed E-state index contributed by atoms with van der Waals surface area (Å²) in [6, 6.07) is 11.2. The second-order valence-corrected chi connectivity index (χ2v) is 7.93. The van der Waals surface area contributed by atoms with E-state index in [1.807, 2.05) is 31.2 Å². The molecule has 0 saturated heterocycles. The zero-order chi connectivity index (χ0) is 23.7. The number of nitro groups is 1. The van der Waals surface area contributed by atoms with E-state index in [1.165, 1.54) is 22.9 Å². The van der Waals surface area contributed by atoms with Gasteiger partial charge in [-0.05, 0) is 31.0 Å². The van der Waals surface area contributed by atoms with Gasteiger partial charge in [-0.3, -0.25) is 19.7 Å². The first kappa shape index (κ1) is 22.2. The Bertz CT molecular complexity index is 1250. The smallest absolute Gasteiger partial charge is 0.269 e. The number of methoxy groups -OCH3 is 1. The largest absolute Gasteiger partial charge is 0.378 e. The fraction of sp³-hybridized carbons (Fsp3) is 0.261. The maximum absolute atomic E-state index is 12.7. The van der Waals surface area contributed by atoms with Crippen molar-refractivity contribution in [1.29, 1.82) is 0 Å². The SMILES string of the molecule is COCc1nn2c(c1-c1ccc(C)cc1)NC(=O)C2CC(=O)Nc1ccc([N+](=O)[O-])cc1C. The van der Waals surface area contributed by atoms with Gasteiger partial charge in [-0.1, -0.05) is 29.8 Å². The van der Waals surface area contributed by atoms with Gasteiger partial charge in [0.25, 0.3) is 11.6 Å². The van der Waals surface area contributed by atoms with Crippen molar-refractivity contribution >= 4 is 29.0 Å². The Morgan fingerprint density at radius 1 is 1.24 bits per heavy atom. The van der Waals surface area contributed by atoms with Gasteiger partial charge in [0, 0.05) is 30.5 Å². The number of anilines is 2. The molecule has 0 fully saturated rings. The Balaban J connectivity index is 1.59. The van der Waals surface area contributed by atoms with Crippen molar-refractivity contribution in [2.75, 3.05) is 17.7 Å². The molecule has 0 saturated carbocycles. The van der Waals surface area contributed by atoms with Crippen molar-refractivity contribution in [3.63, 3.8) is 0 Å². The number of carbonyl (C=O) groups is 2. The Morgan fingerprint density at radius 2 is 1.97 bits per heavy atom. The number of hydrogen-bond acceptors (Lipinski definition) is 6. The maximum Gasteiger partial charge on any atom is 0.269 e. The average Bonchev–Trinajstić information content (AvgIpc) is 3.25. The number of nitrogens with zero attached hydrogens (tertiary/aromatic N) is 3. The Labute approximate surface area is 189 Å². The molecule has 2 heterocycles. The van der Waals surface area contributed by atoms with Crippen LogP contribution in [0, 0.1) is 24.0 Å². The van der Waals surface area contributed by atoms with Gasteiger partial charge < -0.3 is 15.4 Å². The van der Waals surface area contributed by atoms with Gasteiger partial charge in [0.05, 0.1) is 23.6 Å².